The Kier molecular flexibility index (Phi) is 5.22. The van der Waals surface area contributed by atoms with Gasteiger partial charge in [0.25, 0.3) is 0 Å². The van der Waals surface area contributed by atoms with Gasteiger partial charge in [0, 0.05) is 16.5 Å². The van der Waals surface area contributed by atoms with Crippen LogP contribution in [0.4, 0.5) is 0 Å². The number of halogens is 2. The fourth-order valence-electron chi connectivity index (χ4n) is 1.39. The van der Waals surface area contributed by atoms with Crippen LogP contribution in [0.15, 0.2) is 18.2 Å². The summed E-state index contributed by atoms with van der Waals surface area (Å²) in [4.78, 5) is 10.8. The molecule has 88 valence electrons. The van der Waals surface area contributed by atoms with Crippen LogP contribution in [0.1, 0.15) is 28.4 Å². The molecule has 1 aromatic rings. The van der Waals surface area contributed by atoms with E-state index in [1.807, 2.05) is 0 Å². The number of rotatable bonds is 5. The van der Waals surface area contributed by atoms with E-state index in [1.165, 1.54) is 12.1 Å². The van der Waals surface area contributed by atoms with Crippen molar-refractivity contribution >= 4 is 29.5 Å². The van der Waals surface area contributed by atoms with E-state index in [4.69, 9.17) is 23.2 Å². The predicted octanol–water partition coefficient (Wildman–Crippen LogP) is 2.18. The van der Waals surface area contributed by atoms with E-state index in [1.54, 1.807) is 6.07 Å². The smallest absolute Gasteiger partial charge is 0.150 e. The van der Waals surface area contributed by atoms with Crippen LogP contribution in [0.3, 0.4) is 0 Å². The first-order chi connectivity index (χ1) is 7.60. The highest BCUT2D eigenvalue weighted by Crippen LogP contribution is 2.24. The van der Waals surface area contributed by atoms with Gasteiger partial charge in [0.2, 0.25) is 0 Å². The van der Waals surface area contributed by atoms with Crippen molar-refractivity contribution in [1.82, 2.24) is 0 Å². The maximum absolute atomic E-state index is 10.8. The first-order valence-electron chi connectivity index (χ1n) is 4.77. The highest BCUT2D eigenvalue weighted by molar-refractivity contribution is 6.30. The van der Waals surface area contributed by atoms with Gasteiger partial charge in [-0.2, -0.15) is 0 Å². The number of aliphatic hydroxyl groups excluding tert-OH is 2. The standard InChI is InChI=1S/C11H12Cl2O3/c12-4-3-10(15)11(16)9-2-1-8(13)5-7(9)6-14/h1-2,5-6,10-11,15-16H,3-4H2. The molecule has 0 heterocycles. The summed E-state index contributed by atoms with van der Waals surface area (Å²) in [5.41, 5.74) is 0.630. The number of carbonyl (C=O) groups excluding carboxylic acids is 1. The van der Waals surface area contributed by atoms with Gasteiger partial charge in [-0.3, -0.25) is 4.79 Å². The first-order valence-corrected chi connectivity index (χ1v) is 5.68. The van der Waals surface area contributed by atoms with Crippen LogP contribution in [-0.2, 0) is 0 Å². The molecule has 0 bridgehead atoms. The van der Waals surface area contributed by atoms with Crippen LogP contribution in [0, 0.1) is 0 Å². The Morgan fingerprint density at radius 3 is 2.62 bits per heavy atom. The minimum atomic E-state index is -1.13. The molecular weight excluding hydrogens is 251 g/mol. The van der Waals surface area contributed by atoms with Crippen molar-refractivity contribution in [3.63, 3.8) is 0 Å². The molecule has 2 unspecified atom stereocenters. The summed E-state index contributed by atoms with van der Waals surface area (Å²) in [5, 5.41) is 19.8. The zero-order chi connectivity index (χ0) is 12.1. The van der Waals surface area contributed by atoms with Crippen LogP contribution in [0.5, 0.6) is 0 Å². The molecule has 16 heavy (non-hydrogen) atoms. The summed E-state index contributed by atoms with van der Waals surface area (Å²) in [6.45, 7) is 0. The van der Waals surface area contributed by atoms with E-state index < -0.39 is 12.2 Å². The minimum absolute atomic E-state index is 0.238. The van der Waals surface area contributed by atoms with Gasteiger partial charge < -0.3 is 10.2 Å². The monoisotopic (exact) mass is 262 g/mol. The molecule has 1 rings (SSSR count). The Hall–Kier alpha value is -0.610. The maximum Gasteiger partial charge on any atom is 0.150 e. The van der Waals surface area contributed by atoms with Crippen LogP contribution in [0.25, 0.3) is 0 Å². The molecule has 0 fully saturated rings. The van der Waals surface area contributed by atoms with Crippen LogP contribution in [0.2, 0.25) is 5.02 Å². The summed E-state index contributed by atoms with van der Waals surface area (Å²) >= 11 is 11.2. The third-order valence-electron chi connectivity index (χ3n) is 2.26. The van der Waals surface area contributed by atoms with Crippen molar-refractivity contribution in [2.75, 3.05) is 5.88 Å². The van der Waals surface area contributed by atoms with Gasteiger partial charge in [0.1, 0.15) is 12.4 Å². The molecule has 0 amide bonds. The van der Waals surface area contributed by atoms with Crippen molar-refractivity contribution in [2.45, 2.75) is 18.6 Å². The third kappa shape index (κ3) is 3.19. The molecule has 5 heteroatoms. The largest absolute Gasteiger partial charge is 0.390 e. The van der Waals surface area contributed by atoms with Gasteiger partial charge in [-0.1, -0.05) is 17.7 Å². The summed E-state index contributed by atoms with van der Waals surface area (Å²) < 4.78 is 0. The highest BCUT2D eigenvalue weighted by Gasteiger charge is 2.20. The second kappa shape index (κ2) is 6.21. The fourth-order valence-corrected chi connectivity index (χ4v) is 1.80. The number of aldehydes is 1. The number of carbonyl (C=O) groups is 1. The molecule has 0 aliphatic carbocycles. The van der Waals surface area contributed by atoms with E-state index in [0.717, 1.165) is 0 Å². The summed E-state index contributed by atoms with van der Waals surface area (Å²) in [5.74, 6) is 0.238. The predicted molar refractivity (Wildman–Crippen MR) is 63.1 cm³/mol. The fraction of sp³-hybridized carbons (Fsp3) is 0.364. The van der Waals surface area contributed by atoms with Gasteiger partial charge in [0.05, 0.1) is 6.10 Å². The van der Waals surface area contributed by atoms with E-state index in [9.17, 15) is 15.0 Å². The Balaban J connectivity index is 2.98. The van der Waals surface area contributed by atoms with Crippen molar-refractivity contribution in [2.24, 2.45) is 0 Å². The number of aliphatic hydroxyl groups is 2. The quantitative estimate of drug-likeness (QED) is 0.632. The lowest BCUT2D eigenvalue weighted by molar-refractivity contribution is 0.0167. The molecule has 3 nitrogen and oxygen atoms in total. The number of alkyl halides is 1. The van der Waals surface area contributed by atoms with Crippen molar-refractivity contribution in [3.05, 3.63) is 34.3 Å². The Morgan fingerprint density at radius 2 is 2.06 bits per heavy atom. The Morgan fingerprint density at radius 1 is 1.38 bits per heavy atom. The molecule has 2 N–H and O–H groups in total. The summed E-state index contributed by atoms with van der Waals surface area (Å²) in [7, 11) is 0. The normalized spacial score (nSPS) is 14.5. The van der Waals surface area contributed by atoms with E-state index >= 15 is 0 Å². The molecule has 0 saturated carbocycles. The topological polar surface area (TPSA) is 57.5 Å². The molecule has 2 atom stereocenters. The molecule has 0 aromatic heterocycles. The molecule has 0 aliphatic heterocycles. The lowest BCUT2D eigenvalue weighted by atomic mass is 9.98. The summed E-state index contributed by atoms with van der Waals surface area (Å²) in [6, 6.07) is 4.52. The van der Waals surface area contributed by atoms with Crippen molar-refractivity contribution in [3.8, 4) is 0 Å². The van der Waals surface area contributed by atoms with E-state index in [0.29, 0.717) is 16.9 Å². The van der Waals surface area contributed by atoms with Gasteiger partial charge in [0.15, 0.2) is 0 Å². The van der Waals surface area contributed by atoms with Gasteiger partial charge in [-0.15, -0.1) is 11.6 Å². The van der Waals surface area contributed by atoms with Crippen molar-refractivity contribution < 1.29 is 15.0 Å². The first kappa shape index (κ1) is 13.5. The van der Waals surface area contributed by atoms with E-state index in [-0.39, 0.29) is 17.9 Å². The maximum atomic E-state index is 10.8. The number of benzene rings is 1. The molecule has 1 aromatic carbocycles. The molecule has 0 spiro atoms. The van der Waals surface area contributed by atoms with Crippen LogP contribution in [-0.4, -0.2) is 28.5 Å². The van der Waals surface area contributed by atoms with Gasteiger partial charge in [-0.05, 0) is 24.1 Å². The molecule has 0 aliphatic rings. The van der Waals surface area contributed by atoms with Crippen LogP contribution >= 0.6 is 23.2 Å². The summed E-state index contributed by atoms with van der Waals surface area (Å²) in [6.07, 6.45) is -1.27. The highest BCUT2D eigenvalue weighted by atomic mass is 35.5. The van der Waals surface area contributed by atoms with Crippen molar-refractivity contribution in [1.29, 1.82) is 0 Å². The second-order valence-electron chi connectivity index (χ2n) is 3.38. The zero-order valence-corrected chi connectivity index (χ0v) is 9.95. The van der Waals surface area contributed by atoms with E-state index in [2.05, 4.69) is 0 Å². The SMILES string of the molecule is O=Cc1cc(Cl)ccc1C(O)C(O)CCCl. The Labute approximate surface area is 104 Å². The van der Waals surface area contributed by atoms with Crippen LogP contribution < -0.4 is 0 Å². The Bertz CT molecular complexity index is 368. The average Bonchev–Trinajstić information content (AvgIpc) is 2.28. The average molecular weight is 263 g/mol. The molecule has 0 radical (unpaired) electrons. The lowest BCUT2D eigenvalue weighted by Gasteiger charge is -2.18. The molecule has 0 saturated heterocycles. The van der Waals surface area contributed by atoms with Gasteiger partial charge >= 0.3 is 0 Å². The second-order valence-corrected chi connectivity index (χ2v) is 4.20. The minimum Gasteiger partial charge on any atom is -0.390 e. The lowest BCUT2D eigenvalue weighted by Crippen LogP contribution is -2.19. The zero-order valence-electron chi connectivity index (χ0n) is 8.44. The number of hydrogen-bond donors (Lipinski definition) is 2. The third-order valence-corrected chi connectivity index (χ3v) is 2.72. The number of hydrogen-bond acceptors (Lipinski definition) is 3. The van der Waals surface area contributed by atoms with Gasteiger partial charge in [-0.25, -0.2) is 0 Å². The molecular formula is C11H12Cl2O3.